The van der Waals surface area contributed by atoms with E-state index >= 15 is 0 Å². The molecule has 3 heterocycles. The van der Waals surface area contributed by atoms with Crippen LogP contribution in [0.3, 0.4) is 0 Å². The minimum atomic E-state index is -4.61. The maximum atomic E-state index is 13.9. The maximum Gasteiger partial charge on any atom is 0.416 e. The molecule has 0 saturated heterocycles. The van der Waals surface area contributed by atoms with Gasteiger partial charge in [0.1, 0.15) is 24.4 Å². The van der Waals surface area contributed by atoms with Crippen molar-refractivity contribution >= 4 is 12.2 Å². The molecule has 0 radical (unpaired) electrons. The molecule has 0 aliphatic rings. The third-order valence-corrected chi connectivity index (χ3v) is 4.91. The van der Waals surface area contributed by atoms with Crippen molar-refractivity contribution in [3.8, 4) is 5.88 Å². The van der Waals surface area contributed by atoms with Crippen LogP contribution in [0.2, 0.25) is 0 Å². The van der Waals surface area contributed by atoms with E-state index in [1.165, 1.54) is 18.4 Å². The van der Waals surface area contributed by atoms with Gasteiger partial charge in [-0.2, -0.15) is 18.3 Å². The quantitative estimate of drug-likeness (QED) is 0.230. The normalized spacial score (nSPS) is 11.9. The van der Waals surface area contributed by atoms with Gasteiger partial charge in [-0.3, -0.25) is 4.68 Å². The Morgan fingerprint density at radius 1 is 1.03 bits per heavy atom. The van der Waals surface area contributed by atoms with Gasteiger partial charge >= 0.3 is 6.18 Å². The summed E-state index contributed by atoms with van der Waals surface area (Å²) in [6.45, 7) is 0.862. The molecule has 12 heteroatoms. The number of hydrogen-bond donors (Lipinski definition) is 0. The Kier molecular flexibility index (Phi) is 7.48. The van der Waals surface area contributed by atoms with Crippen LogP contribution in [0.15, 0.2) is 53.4 Å². The first-order valence-corrected chi connectivity index (χ1v) is 10.7. The largest absolute Gasteiger partial charge is 0.470 e. The third-order valence-electron chi connectivity index (χ3n) is 4.91. The third kappa shape index (κ3) is 6.95. The van der Waals surface area contributed by atoms with E-state index in [0.29, 0.717) is 17.6 Å². The van der Waals surface area contributed by atoms with Crippen molar-refractivity contribution in [2.75, 3.05) is 0 Å². The number of aryl methyl sites for hydroxylation is 2. The number of halogens is 4. The van der Waals surface area contributed by atoms with E-state index in [1.807, 2.05) is 12.3 Å². The summed E-state index contributed by atoms with van der Waals surface area (Å²) in [6.07, 6.45) is 5.50. The number of benzene rings is 1. The van der Waals surface area contributed by atoms with Crippen LogP contribution in [-0.4, -0.2) is 30.2 Å². The van der Waals surface area contributed by atoms with Gasteiger partial charge in [0.05, 0.1) is 17.5 Å². The standard InChI is InChI=1S/C23H20F4N6O2/c24-20-13-17(23(25,26)27)6-4-16(20)5-8-21-29-19(14-34-21)15-35-22-9-7-18(30-31-22)3-1-2-11-33-12-10-28-32-33/h4-10,12-14H,1-3,11,15H2/b8-5+. The highest BCUT2D eigenvalue weighted by atomic mass is 19.4. The fourth-order valence-corrected chi connectivity index (χ4v) is 3.10. The highest BCUT2D eigenvalue weighted by molar-refractivity contribution is 5.66. The second-order valence-corrected chi connectivity index (χ2v) is 7.52. The number of aromatic nitrogens is 6. The van der Waals surface area contributed by atoms with Crippen molar-refractivity contribution in [2.24, 2.45) is 0 Å². The van der Waals surface area contributed by atoms with Crippen LogP contribution < -0.4 is 4.74 Å². The molecule has 4 aromatic rings. The molecule has 0 atom stereocenters. The molecule has 0 N–H and O–H groups in total. The van der Waals surface area contributed by atoms with E-state index in [-0.39, 0.29) is 18.1 Å². The molecule has 0 bridgehead atoms. The number of ether oxygens (including phenoxy) is 1. The lowest BCUT2D eigenvalue weighted by Crippen LogP contribution is -2.05. The molecule has 0 unspecified atom stereocenters. The molecule has 0 aliphatic heterocycles. The smallest absolute Gasteiger partial charge is 0.416 e. The summed E-state index contributed by atoms with van der Waals surface area (Å²) in [5.41, 5.74) is 0.224. The zero-order valence-corrected chi connectivity index (χ0v) is 18.3. The topological polar surface area (TPSA) is 91.8 Å². The monoisotopic (exact) mass is 488 g/mol. The minimum Gasteiger partial charge on any atom is -0.470 e. The molecule has 0 spiro atoms. The van der Waals surface area contributed by atoms with E-state index < -0.39 is 17.6 Å². The molecule has 0 fully saturated rings. The first kappa shape index (κ1) is 24.0. The van der Waals surface area contributed by atoms with Gasteiger partial charge in [-0.15, -0.1) is 10.2 Å². The Labute approximate surface area is 197 Å². The summed E-state index contributed by atoms with van der Waals surface area (Å²) in [5.74, 6) is -0.526. The molecule has 8 nitrogen and oxygen atoms in total. The van der Waals surface area contributed by atoms with Gasteiger partial charge in [0.25, 0.3) is 0 Å². The van der Waals surface area contributed by atoms with E-state index in [9.17, 15) is 17.6 Å². The van der Waals surface area contributed by atoms with Gasteiger partial charge in [-0.1, -0.05) is 11.3 Å². The van der Waals surface area contributed by atoms with Crippen LogP contribution in [0.4, 0.5) is 17.6 Å². The van der Waals surface area contributed by atoms with Crippen LogP contribution in [0.1, 0.15) is 41.2 Å². The van der Waals surface area contributed by atoms with Crippen LogP contribution in [0.5, 0.6) is 5.88 Å². The number of nitrogens with zero attached hydrogens (tertiary/aromatic N) is 6. The summed E-state index contributed by atoms with van der Waals surface area (Å²) in [5, 5.41) is 15.9. The second kappa shape index (κ2) is 10.9. The van der Waals surface area contributed by atoms with Gasteiger partial charge < -0.3 is 9.15 Å². The van der Waals surface area contributed by atoms with Gasteiger partial charge in [-0.25, -0.2) is 9.37 Å². The number of alkyl halides is 3. The van der Waals surface area contributed by atoms with Gasteiger partial charge in [0.2, 0.25) is 11.8 Å². The van der Waals surface area contributed by atoms with E-state index in [2.05, 4.69) is 25.5 Å². The zero-order valence-electron chi connectivity index (χ0n) is 18.3. The average molecular weight is 488 g/mol. The van der Waals surface area contributed by atoms with Gasteiger partial charge in [0, 0.05) is 30.4 Å². The Bertz CT molecular complexity index is 1250. The highest BCUT2D eigenvalue weighted by Gasteiger charge is 2.30. The molecule has 35 heavy (non-hydrogen) atoms. The highest BCUT2D eigenvalue weighted by Crippen LogP contribution is 2.30. The molecular weight excluding hydrogens is 468 g/mol. The molecule has 3 aromatic heterocycles. The molecule has 1 aromatic carbocycles. The number of hydrogen-bond acceptors (Lipinski definition) is 7. The SMILES string of the molecule is Fc1cc(C(F)(F)F)ccc1/C=C/c1nc(COc2ccc(CCCCn3ccnn3)nn2)co1. The summed E-state index contributed by atoms with van der Waals surface area (Å²) >= 11 is 0. The minimum absolute atomic E-state index is 0.0252. The fraction of sp³-hybridized carbons (Fsp3) is 0.261. The van der Waals surface area contributed by atoms with Crippen molar-refractivity contribution in [1.82, 2.24) is 30.2 Å². The van der Waals surface area contributed by atoms with Crippen molar-refractivity contribution in [2.45, 2.75) is 38.6 Å². The summed E-state index contributed by atoms with van der Waals surface area (Å²) in [6, 6.07) is 5.85. The number of rotatable bonds is 10. The first-order chi connectivity index (χ1) is 16.9. The van der Waals surface area contributed by atoms with Crippen LogP contribution in [0.25, 0.3) is 12.2 Å². The maximum absolute atomic E-state index is 13.9. The predicted molar refractivity (Wildman–Crippen MR) is 116 cm³/mol. The van der Waals surface area contributed by atoms with Crippen LogP contribution in [-0.2, 0) is 25.7 Å². The van der Waals surface area contributed by atoms with Crippen molar-refractivity contribution in [3.05, 3.63) is 83.2 Å². The molecule has 0 aliphatic carbocycles. The Morgan fingerprint density at radius 2 is 1.91 bits per heavy atom. The fourth-order valence-electron chi connectivity index (χ4n) is 3.10. The van der Waals surface area contributed by atoms with Gasteiger partial charge in [-0.05, 0) is 43.5 Å². The van der Waals surface area contributed by atoms with Crippen LogP contribution >= 0.6 is 0 Å². The zero-order chi connectivity index (χ0) is 24.7. The molecule has 0 saturated carbocycles. The lowest BCUT2D eigenvalue weighted by atomic mass is 10.1. The number of oxazole rings is 1. The summed E-state index contributed by atoms with van der Waals surface area (Å²) in [4.78, 5) is 4.17. The van der Waals surface area contributed by atoms with Gasteiger partial charge in [0.15, 0.2) is 0 Å². The molecular formula is C23H20F4N6O2. The molecule has 182 valence electrons. The summed E-state index contributed by atoms with van der Waals surface area (Å²) in [7, 11) is 0. The lowest BCUT2D eigenvalue weighted by molar-refractivity contribution is -0.137. The van der Waals surface area contributed by atoms with Crippen LogP contribution in [0, 0.1) is 5.82 Å². The van der Waals surface area contributed by atoms with E-state index in [0.717, 1.165) is 43.6 Å². The first-order valence-electron chi connectivity index (χ1n) is 10.7. The predicted octanol–water partition coefficient (Wildman–Crippen LogP) is 4.99. The molecule has 4 rings (SSSR count). The Morgan fingerprint density at radius 3 is 2.63 bits per heavy atom. The summed E-state index contributed by atoms with van der Waals surface area (Å²) < 4.78 is 64.5. The lowest BCUT2D eigenvalue weighted by Gasteiger charge is -2.07. The second-order valence-electron chi connectivity index (χ2n) is 7.52. The van der Waals surface area contributed by atoms with E-state index in [4.69, 9.17) is 9.15 Å². The van der Waals surface area contributed by atoms with E-state index in [1.54, 1.807) is 16.9 Å². The van der Waals surface area contributed by atoms with Crippen molar-refractivity contribution < 1.29 is 26.7 Å². The average Bonchev–Trinajstić information content (AvgIpc) is 3.52. The number of unbranched alkanes of at least 4 members (excludes halogenated alkanes) is 1. The molecule has 0 amide bonds. The van der Waals surface area contributed by atoms with Crippen molar-refractivity contribution in [1.29, 1.82) is 0 Å². The Hall–Kier alpha value is -4.09. The Balaban J connectivity index is 1.24. The van der Waals surface area contributed by atoms with Crippen molar-refractivity contribution in [3.63, 3.8) is 0 Å².